The molecule has 5 atom stereocenters. The Labute approximate surface area is 225 Å². The summed E-state index contributed by atoms with van der Waals surface area (Å²) in [5.41, 5.74) is 1.03. The second-order valence-electron chi connectivity index (χ2n) is 12.1. The van der Waals surface area contributed by atoms with Crippen LogP contribution in [0.3, 0.4) is 0 Å². The van der Waals surface area contributed by atoms with Crippen molar-refractivity contribution in [3.05, 3.63) is 47.5 Å². The standard InChI is InChI=1S/C29H42F2N6O/c1-19(2)27-34-33-20(3)37(27)25-14-23-10-11-24(15-25)36(23)13-12-26(21-8-6-5-7-9-21)32-28(38)22-16-29(30,31)18-35(4)17-22/h5-9,19,22-26H,10-18H2,1-4H3,(H,32,38)/t22?,23-,24+,25?,26-/m0/s1. The van der Waals surface area contributed by atoms with Crippen LogP contribution in [0.2, 0.25) is 0 Å². The molecule has 3 aliphatic rings. The van der Waals surface area contributed by atoms with Crippen molar-refractivity contribution in [2.24, 2.45) is 5.92 Å². The SMILES string of the molecule is Cc1nnc(C(C)C)n1C1C[C@H]2CC[C@@H](C1)N2CC[C@H](NC(=O)C1CN(C)CC(F)(F)C1)c1ccccc1. The summed E-state index contributed by atoms with van der Waals surface area (Å²) < 4.78 is 30.8. The molecule has 4 heterocycles. The highest BCUT2D eigenvalue weighted by molar-refractivity contribution is 5.79. The number of halogens is 2. The summed E-state index contributed by atoms with van der Waals surface area (Å²) in [5, 5.41) is 12.0. The van der Waals surface area contributed by atoms with Crippen LogP contribution in [0.15, 0.2) is 30.3 Å². The number of carbonyl (C=O) groups excluding carboxylic acids is 1. The van der Waals surface area contributed by atoms with Crippen molar-refractivity contribution < 1.29 is 13.6 Å². The molecule has 38 heavy (non-hydrogen) atoms. The third-order valence-corrected chi connectivity index (χ3v) is 8.78. The van der Waals surface area contributed by atoms with Gasteiger partial charge in [-0.1, -0.05) is 44.2 Å². The molecule has 0 radical (unpaired) electrons. The van der Waals surface area contributed by atoms with Crippen LogP contribution in [0.5, 0.6) is 0 Å². The van der Waals surface area contributed by atoms with E-state index in [1.807, 2.05) is 30.3 Å². The molecule has 5 rings (SSSR count). The summed E-state index contributed by atoms with van der Waals surface area (Å²) in [7, 11) is 1.66. The summed E-state index contributed by atoms with van der Waals surface area (Å²) >= 11 is 0. The van der Waals surface area contributed by atoms with E-state index in [2.05, 4.69) is 45.8 Å². The summed E-state index contributed by atoms with van der Waals surface area (Å²) in [6.45, 7) is 7.36. The molecular weight excluding hydrogens is 486 g/mol. The van der Waals surface area contributed by atoms with Crippen molar-refractivity contribution in [3.63, 3.8) is 0 Å². The van der Waals surface area contributed by atoms with Gasteiger partial charge in [-0.05, 0) is 51.6 Å². The number of alkyl halides is 2. The number of aromatic nitrogens is 3. The van der Waals surface area contributed by atoms with Gasteiger partial charge in [0.25, 0.3) is 5.92 Å². The first kappa shape index (κ1) is 27.2. The van der Waals surface area contributed by atoms with Gasteiger partial charge in [-0.25, -0.2) is 8.78 Å². The quantitative estimate of drug-likeness (QED) is 0.538. The van der Waals surface area contributed by atoms with Crippen molar-refractivity contribution >= 4 is 5.91 Å². The molecule has 208 valence electrons. The Balaban J connectivity index is 1.26. The Morgan fingerprint density at radius 2 is 1.79 bits per heavy atom. The van der Waals surface area contributed by atoms with Gasteiger partial charge >= 0.3 is 0 Å². The molecule has 2 unspecified atom stereocenters. The molecule has 1 aromatic carbocycles. The molecule has 3 saturated heterocycles. The third-order valence-electron chi connectivity index (χ3n) is 8.78. The summed E-state index contributed by atoms with van der Waals surface area (Å²) in [4.78, 5) is 17.4. The number of piperidine rings is 2. The molecule has 3 fully saturated rings. The zero-order valence-electron chi connectivity index (χ0n) is 23.1. The lowest BCUT2D eigenvalue weighted by Gasteiger charge is -2.41. The fraction of sp³-hybridized carbons (Fsp3) is 0.690. The number of aryl methyl sites for hydroxylation is 1. The van der Waals surface area contributed by atoms with Gasteiger partial charge in [0.05, 0.1) is 18.5 Å². The van der Waals surface area contributed by atoms with Crippen LogP contribution in [0.1, 0.15) is 87.6 Å². The molecule has 2 bridgehead atoms. The first-order chi connectivity index (χ1) is 18.1. The smallest absolute Gasteiger partial charge is 0.261 e. The molecule has 0 saturated carbocycles. The van der Waals surface area contributed by atoms with E-state index in [9.17, 15) is 13.6 Å². The van der Waals surface area contributed by atoms with Gasteiger partial charge in [0.2, 0.25) is 5.91 Å². The fourth-order valence-electron chi connectivity index (χ4n) is 7.13. The molecule has 0 aliphatic carbocycles. The van der Waals surface area contributed by atoms with Gasteiger partial charge < -0.3 is 9.88 Å². The summed E-state index contributed by atoms with van der Waals surface area (Å²) in [6.07, 6.45) is 4.91. The van der Waals surface area contributed by atoms with Crippen LogP contribution < -0.4 is 5.32 Å². The van der Waals surface area contributed by atoms with Crippen LogP contribution in [0.4, 0.5) is 8.78 Å². The number of hydrogen-bond acceptors (Lipinski definition) is 5. The van der Waals surface area contributed by atoms with Gasteiger partial charge in [0.15, 0.2) is 0 Å². The van der Waals surface area contributed by atoms with E-state index in [0.717, 1.165) is 43.0 Å². The first-order valence-corrected chi connectivity index (χ1v) is 14.2. The van der Waals surface area contributed by atoms with Crippen molar-refractivity contribution in [1.82, 2.24) is 29.9 Å². The molecule has 1 N–H and O–H groups in total. The van der Waals surface area contributed by atoms with Crippen molar-refractivity contribution in [2.75, 3.05) is 26.7 Å². The van der Waals surface area contributed by atoms with Crippen molar-refractivity contribution in [2.45, 2.75) is 95.3 Å². The van der Waals surface area contributed by atoms with E-state index in [-0.39, 0.29) is 24.9 Å². The molecule has 9 heteroatoms. The highest BCUT2D eigenvalue weighted by Crippen LogP contribution is 2.42. The fourth-order valence-corrected chi connectivity index (χ4v) is 7.13. The van der Waals surface area contributed by atoms with Crippen molar-refractivity contribution in [1.29, 1.82) is 0 Å². The van der Waals surface area contributed by atoms with Gasteiger partial charge in [-0.2, -0.15) is 0 Å². The minimum Gasteiger partial charge on any atom is -0.349 e. The number of carbonyl (C=O) groups is 1. The third kappa shape index (κ3) is 5.78. The zero-order chi connectivity index (χ0) is 27.0. The highest BCUT2D eigenvalue weighted by atomic mass is 19.3. The van der Waals surface area contributed by atoms with Crippen LogP contribution in [-0.4, -0.2) is 75.2 Å². The number of fused-ring (bicyclic) bond motifs is 2. The topological polar surface area (TPSA) is 66.3 Å². The molecule has 0 spiro atoms. The average Bonchev–Trinajstić information content (AvgIpc) is 3.36. The minimum atomic E-state index is -2.83. The molecular formula is C29H42F2N6O. The number of hydrogen-bond donors (Lipinski definition) is 1. The molecule has 1 amide bonds. The number of rotatable bonds is 8. The zero-order valence-corrected chi connectivity index (χ0v) is 23.1. The van der Waals surface area contributed by atoms with Crippen LogP contribution in [0.25, 0.3) is 0 Å². The highest BCUT2D eigenvalue weighted by Gasteiger charge is 2.44. The van der Waals surface area contributed by atoms with E-state index in [1.54, 1.807) is 11.9 Å². The van der Waals surface area contributed by atoms with Gasteiger partial charge in [-0.15, -0.1) is 10.2 Å². The number of benzene rings is 1. The monoisotopic (exact) mass is 528 g/mol. The molecule has 7 nitrogen and oxygen atoms in total. The average molecular weight is 529 g/mol. The van der Waals surface area contributed by atoms with Gasteiger partial charge in [-0.3, -0.25) is 14.6 Å². The Kier molecular flexibility index (Phi) is 7.87. The first-order valence-electron chi connectivity index (χ1n) is 14.2. The lowest BCUT2D eigenvalue weighted by Crippen LogP contribution is -2.50. The maximum absolute atomic E-state index is 14.2. The maximum Gasteiger partial charge on any atom is 0.261 e. The lowest BCUT2D eigenvalue weighted by molar-refractivity contribution is -0.136. The largest absolute Gasteiger partial charge is 0.349 e. The van der Waals surface area contributed by atoms with E-state index in [4.69, 9.17) is 0 Å². The summed E-state index contributed by atoms with van der Waals surface area (Å²) in [6, 6.07) is 11.2. The van der Waals surface area contributed by atoms with E-state index in [0.29, 0.717) is 30.6 Å². The number of nitrogens with one attached hydrogen (secondary N) is 1. The van der Waals surface area contributed by atoms with E-state index >= 15 is 0 Å². The van der Waals surface area contributed by atoms with Crippen LogP contribution in [0, 0.1) is 12.8 Å². The molecule has 1 aromatic heterocycles. The van der Waals surface area contributed by atoms with Crippen LogP contribution in [-0.2, 0) is 4.79 Å². The molecule has 2 aromatic rings. The number of nitrogens with zero attached hydrogens (tertiary/aromatic N) is 5. The van der Waals surface area contributed by atoms with E-state index < -0.39 is 11.8 Å². The Hall–Kier alpha value is -2.39. The molecule has 3 aliphatic heterocycles. The lowest BCUT2D eigenvalue weighted by atomic mass is 9.93. The Morgan fingerprint density at radius 3 is 2.42 bits per heavy atom. The predicted molar refractivity (Wildman–Crippen MR) is 143 cm³/mol. The number of likely N-dealkylation sites (tertiary alicyclic amines) is 1. The normalized spacial score (nSPS) is 28.5. The second-order valence-corrected chi connectivity index (χ2v) is 12.1. The summed E-state index contributed by atoms with van der Waals surface area (Å²) in [5.74, 6) is -1.39. The van der Waals surface area contributed by atoms with Gasteiger partial charge in [0.1, 0.15) is 11.6 Å². The minimum absolute atomic E-state index is 0.200. The van der Waals surface area contributed by atoms with Crippen molar-refractivity contribution in [3.8, 4) is 0 Å². The van der Waals surface area contributed by atoms with E-state index in [1.165, 1.54) is 12.8 Å². The second kappa shape index (κ2) is 11.0. The maximum atomic E-state index is 14.2. The Morgan fingerprint density at radius 1 is 1.11 bits per heavy atom. The van der Waals surface area contributed by atoms with Crippen LogP contribution >= 0.6 is 0 Å². The van der Waals surface area contributed by atoms with Gasteiger partial charge in [0, 0.05) is 43.6 Å². The predicted octanol–water partition coefficient (Wildman–Crippen LogP) is 4.71. The number of amides is 1. The Bertz CT molecular complexity index is 1090.